The van der Waals surface area contributed by atoms with Crippen LogP contribution in [0.25, 0.3) is 12.2 Å². The van der Waals surface area contributed by atoms with Gasteiger partial charge in [-0.15, -0.1) is 10.2 Å². The maximum atomic E-state index is 10.3. The quantitative estimate of drug-likeness (QED) is 0.624. The minimum absolute atomic E-state index is 0.296. The number of hydrogen-bond acceptors (Lipinski definition) is 6. The first-order valence-corrected chi connectivity index (χ1v) is 5.26. The van der Waals surface area contributed by atoms with Crippen molar-refractivity contribution in [1.29, 1.82) is 0 Å². The minimum Gasteiger partial charge on any atom is -0.401 e. The van der Waals surface area contributed by atoms with Crippen LogP contribution in [-0.4, -0.2) is 15.1 Å². The number of nitro groups is 1. The highest BCUT2D eigenvalue weighted by molar-refractivity contribution is 7.16. The van der Waals surface area contributed by atoms with Crippen LogP contribution in [0.1, 0.15) is 10.8 Å². The van der Waals surface area contributed by atoms with Gasteiger partial charge in [0, 0.05) is 0 Å². The Morgan fingerprint density at radius 3 is 2.81 bits per heavy atom. The fraction of sp³-hybridized carbons (Fsp3) is 0. The summed E-state index contributed by atoms with van der Waals surface area (Å²) in [6.45, 7) is 0. The molecule has 2 rings (SSSR count). The van der Waals surface area contributed by atoms with E-state index in [4.69, 9.17) is 16.0 Å². The van der Waals surface area contributed by atoms with Crippen molar-refractivity contribution in [3.63, 3.8) is 0 Å². The second-order valence-corrected chi connectivity index (χ2v) is 4.25. The number of halogens is 1. The molecule has 0 saturated carbocycles. The molecule has 0 aromatic carbocycles. The van der Waals surface area contributed by atoms with Crippen molar-refractivity contribution in [2.75, 3.05) is 0 Å². The number of rotatable bonds is 3. The van der Waals surface area contributed by atoms with E-state index in [0.717, 1.165) is 0 Å². The smallest absolute Gasteiger partial charge is 0.401 e. The molecule has 0 N–H and O–H groups in total. The second kappa shape index (κ2) is 4.42. The first-order valence-electron chi connectivity index (χ1n) is 4.06. The van der Waals surface area contributed by atoms with Gasteiger partial charge in [-0.25, -0.2) is 0 Å². The van der Waals surface area contributed by atoms with Gasteiger partial charge in [0.05, 0.1) is 6.07 Å². The molecule has 16 heavy (non-hydrogen) atoms. The maximum absolute atomic E-state index is 10.3. The van der Waals surface area contributed by atoms with Crippen LogP contribution in [-0.2, 0) is 0 Å². The Kier molecular flexibility index (Phi) is 2.97. The summed E-state index contributed by atoms with van der Waals surface area (Å²) in [6.07, 6.45) is 3.18. The standard InChI is InChI=1S/C8H4ClN3O3S/c9-8-11-10-6(16-8)3-1-5-2-4-7(15-5)12(13)14/h1-4H/b3-1+. The van der Waals surface area contributed by atoms with Gasteiger partial charge in [-0.3, -0.25) is 10.1 Å². The lowest BCUT2D eigenvalue weighted by molar-refractivity contribution is -0.402. The van der Waals surface area contributed by atoms with Crippen LogP contribution < -0.4 is 0 Å². The zero-order valence-electron chi connectivity index (χ0n) is 7.66. The summed E-state index contributed by atoms with van der Waals surface area (Å²) in [6, 6.07) is 2.78. The highest BCUT2D eigenvalue weighted by atomic mass is 35.5. The highest BCUT2D eigenvalue weighted by Crippen LogP contribution is 2.20. The van der Waals surface area contributed by atoms with Crippen molar-refractivity contribution >= 4 is 41.0 Å². The van der Waals surface area contributed by atoms with E-state index in [9.17, 15) is 10.1 Å². The Bertz CT molecular complexity index is 548. The summed E-state index contributed by atoms with van der Waals surface area (Å²) in [5.41, 5.74) is 0. The monoisotopic (exact) mass is 257 g/mol. The van der Waals surface area contributed by atoms with Crippen molar-refractivity contribution in [3.8, 4) is 0 Å². The van der Waals surface area contributed by atoms with Crippen molar-refractivity contribution in [3.05, 3.63) is 37.5 Å². The summed E-state index contributed by atoms with van der Waals surface area (Å²) < 4.78 is 5.25. The summed E-state index contributed by atoms with van der Waals surface area (Å²) in [4.78, 5) is 9.74. The van der Waals surface area contributed by atoms with E-state index in [1.54, 1.807) is 12.2 Å². The van der Waals surface area contributed by atoms with Gasteiger partial charge < -0.3 is 4.42 Å². The van der Waals surface area contributed by atoms with Gasteiger partial charge in [-0.2, -0.15) is 0 Å². The van der Waals surface area contributed by atoms with Crippen molar-refractivity contribution in [2.24, 2.45) is 0 Å². The van der Waals surface area contributed by atoms with Gasteiger partial charge in [0.25, 0.3) is 0 Å². The average molecular weight is 258 g/mol. The molecule has 0 saturated heterocycles. The van der Waals surface area contributed by atoms with Gasteiger partial charge >= 0.3 is 5.88 Å². The Hall–Kier alpha value is -1.73. The van der Waals surface area contributed by atoms with Crippen LogP contribution in [0.4, 0.5) is 5.88 Å². The third-order valence-electron chi connectivity index (χ3n) is 1.60. The summed E-state index contributed by atoms with van der Waals surface area (Å²) >= 11 is 6.79. The molecule has 0 fully saturated rings. The van der Waals surface area contributed by atoms with Crippen LogP contribution in [0.15, 0.2) is 16.5 Å². The van der Waals surface area contributed by atoms with E-state index < -0.39 is 4.92 Å². The molecule has 0 bridgehead atoms. The molecular formula is C8H4ClN3O3S. The third kappa shape index (κ3) is 2.44. The van der Waals surface area contributed by atoms with Crippen LogP contribution in [0.5, 0.6) is 0 Å². The number of furan rings is 1. The zero-order chi connectivity index (χ0) is 11.5. The Morgan fingerprint density at radius 1 is 1.44 bits per heavy atom. The molecule has 2 aromatic heterocycles. The highest BCUT2D eigenvalue weighted by Gasteiger charge is 2.09. The van der Waals surface area contributed by atoms with E-state index in [1.807, 2.05) is 0 Å². The molecule has 6 nitrogen and oxygen atoms in total. The predicted molar refractivity (Wildman–Crippen MR) is 59.2 cm³/mol. The molecular weight excluding hydrogens is 254 g/mol. The Morgan fingerprint density at radius 2 is 2.25 bits per heavy atom. The molecule has 0 unspecified atom stereocenters. The molecule has 0 atom stereocenters. The molecule has 0 spiro atoms. The summed E-state index contributed by atoms with van der Waals surface area (Å²) in [7, 11) is 0. The van der Waals surface area contributed by atoms with E-state index in [2.05, 4.69) is 10.2 Å². The van der Waals surface area contributed by atoms with Crippen molar-refractivity contribution < 1.29 is 9.34 Å². The fourth-order valence-electron chi connectivity index (χ4n) is 0.966. The van der Waals surface area contributed by atoms with Crippen LogP contribution in [0, 0.1) is 10.1 Å². The van der Waals surface area contributed by atoms with E-state index in [0.29, 0.717) is 15.2 Å². The molecule has 82 valence electrons. The van der Waals surface area contributed by atoms with Gasteiger partial charge in [0.15, 0.2) is 0 Å². The number of nitrogens with zero attached hydrogens (tertiary/aromatic N) is 3. The second-order valence-electron chi connectivity index (χ2n) is 2.66. The normalized spacial score (nSPS) is 11.1. The van der Waals surface area contributed by atoms with Crippen molar-refractivity contribution in [2.45, 2.75) is 0 Å². The number of hydrogen-bond donors (Lipinski definition) is 0. The lowest BCUT2D eigenvalue weighted by atomic mass is 10.4. The largest absolute Gasteiger partial charge is 0.433 e. The molecule has 0 aliphatic rings. The molecule has 0 radical (unpaired) electrons. The average Bonchev–Trinajstić information content (AvgIpc) is 2.83. The number of aromatic nitrogens is 2. The Labute approximate surface area is 98.3 Å². The van der Waals surface area contributed by atoms with Crippen LogP contribution >= 0.6 is 22.9 Å². The lowest BCUT2D eigenvalue weighted by Gasteiger charge is -1.83. The third-order valence-corrected chi connectivity index (χ3v) is 2.58. The van der Waals surface area contributed by atoms with Crippen LogP contribution in [0.2, 0.25) is 4.47 Å². The molecule has 0 amide bonds. The first-order chi connectivity index (χ1) is 7.65. The Balaban J connectivity index is 2.14. The SMILES string of the molecule is O=[N+]([O-])c1ccc(/C=C/c2nnc(Cl)s2)o1. The maximum Gasteiger partial charge on any atom is 0.433 e. The fourth-order valence-corrected chi connectivity index (χ4v) is 1.71. The molecule has 0 aliphatic carbocycles. The summed E-state index contributed by atoms with van der Waals surface area (Å²) in [5, 5.41) is 18.3. The zero-order valence-corrected chi connectivity index (χ0v) is 9.23. The first kappa shape index (κ1) is 10.8. The van der Waals surface area contributed by atoms with Gasteiger partial charge in [0.1, 0.15) is 15.7 Å². The summed E-state index contributed by atoms with van der Waals surface area (Å²) in [5.74, 6) is 0.0768. The topological polar surface area (TPSA) is 82.1 Å². The predicted octanol–water partition coefficient (Wildman–Crippen LogP) is 2.86. The lowest BCUT2D eigenvalue weighted by Crippen LogP contribution is -1.82. The van der Waals surface area contributed by atoms with Gasteiger partial charge in [-0.05, 0) is 29.8 Å². The molecule has 2 heterocycles. The van der Waals surface area contributed by atoms with Gasteiger partial charge in [0.2, 0.25) is 4.47 Å². The van der Waals surface area contributed by atoms with Gasteiger partial charge in [-0.1, -0.05) is 11.3 Å². The van der Waals surface area contributed by atoms with E-state index >= 15 is 0 Å². The minimum atomic E-state index is -0.598. The van der Waals surface area contributed by atoms with E-state index in [-0.39, 0.29) is 5.88 Å². The molecule has 2 aromatic rings. The van der Waals surface area contributed by atoms with Crippen molar-refractivity contribution in [1.82, 2.24) is 10.2 Å². The van der Waals surface area contributed by atoms with E-state index in [1.165, 1.54) is 23.5 Å². The molecule has 0 aliphatic heterocycles. The molecule has 8 heteroatoms. The van der Waals surface area contributed by atoms with Crippen LogP contribution in [0.3, 0.4) is 0 Å².